The van der Waals surface area contributed by atoms with Crippen LogP contribution < -0.4 is 16.8 Å². The van der Waals surface area contributed by atoms with Crippen LogP contribution in [0.5, 0.6) is 0 Å². The van der Waals surface area contributed by atoms with Gasteiger partial charge in [0, 0.05) is 10.2 Å². The number of pyridine rings is 1. The van der Waals surface area contributed by atoms with Crippen molar-refractivity contribution in [3.05, 3.63) is 46.1 Å². The Kier molecular flexibility index (Phi) is 3.71. The maximum atomic E-state index is 11.2. The van der Waals surface area contributed by atoms with Crippen molar-refractivity contribution in [3.63, 3.8) is 0 Å². The van der Waals surface area contributed by atoms with Gasteiger partial charge in [0.05, 0.1) is 17.4 Å². The third kappa shape index (κ3) is 3.03. The predicted octanol–water partition coefficient (Wildman–Crippen LogP) is 2.58. The molecule has 2 rings (SSSR count). The van der Waals surface area contributed by atoms with E-state index in [-0.39, 0.29) is 11.3 Å². The lowest BCUT2D eigenvalue weighted by molar-refractivity contribution is 0.100. The number of hydrogen-bond donors (Lipinski definition) is 3. The number of aromatic nitrogens is 1. The molecular formula is C13H13BrN4O. The Labute approximate surface area is 119 Å². The van der Waals surface area contributed by atoms with E-state index in [9.17, 15) is 4.79 Å². The largest absolute Gasteiger partial charge is 0.397 e. The molecule has 0 atom stereocenters. The number of amides is 1. The van der Waals surface area contributed by atoms with Crippen LogP contribution in [0.1, 0.15) is 15.9 Å². The molecule has 6 heteroatoms. The van der Waals surface area contributed by atoms with Crippen LogP contribution in [-0.2, 0) is 0 Å². The normalized spacial score (nSPS) is 10.2. The molecule has 5 N–H and O–H groups in total. The van der Waals surface area contributed by atoms with Crippen LogP contribution in [0.4, 0.5) is 17.2 Å². The van der Waals surface area contributed by atoms with E-state index in [1.165, 1.54) is 12.3 Å². The number of nitrogens with zero attached hydrogens (tertiary/aromatic N) is 1. The quantitative estimate of drug-likeness (QED) is 0.810. The smallest absolute Gasteiger partial charge is 0.250 e. The Morgan fingerprint density at radius 1 is 1.37 bits per heavy atom. The number of hydrogen-bond acceptors (Lipinski definition) is 4. The summed E-state index contributed by atoms with van der Waals surface area (Å²) in [7, 11) is 0. The van der Waals surface area contributed by atoms with Crippen LogP contribution in [0, 0.1) is 6.92 Å². The molecule has 0 bridgehead atoms. The van der Waals surface area contributed by atoms with Crippen molar-refractivity contribution in [2.24, 2.45) is 5.73 Å². The van der Waals surface area contributed by atoms with Gasteiger partial charge in [-0.2, -0.15) is 0 Å². The van der Waals surface area contributed by atoms with Crippen LogP contribution in [0.3, 0.4) is 0 Å². The van der Waals surface area contributed by atoms with Gasteiger partial charge in [-0.25, -0.2) is 4.98 Å². The summed E-state index contributed by atoms with van der Waals surface area (Å²) in [5.74, 6) is -0.0573. The Bertz CT molecular complexity index is 643. The maximum Gasteiger partial charge on any atom is 0.250 e. The first-order chi connectivity index (χ1) is 8.97. The average molecular weight is 321 g/mol. The van der Waals surface area contributed by atoms with Crippen molar-refractivity contribution in [1.29, 1.82) is 0 Å². The van der Waals surface area contributed by atoms with Gasteiger partial charge in [0.2, 0.25) is 0 Å². The number of nitrogen functional groups attached to an aromatic ring is 1. The van der Waals surface area contributed by atoms with Crippen molar-refractivity contribution >= 4 is 39.0 Å². The number of anilines is 3. The van der Waals surface area contributed by atoms with E-state index in [0.29, 0.717) is 5.82 Å². The fourth-order valence-corrected chi connectivity index (χ4v) is 1.98. The van der Waals surface area contributed by atoms with Gasteiger partial charge in [-0.1, -0.05) is 22.0 Å². The molecule has 1 aromatic carbocycles. The van der Waals surface area contributed by atoms with Gasteiger partial charge in [0.1, 0.15) is 5.82 Å². The summed E-state index contributed by atoms with van der Waals surface area (Å²) < 4.78 is 0.950. The molecule has 0 spiro atoms. The van der Waals surface area contributed by atoms with Gasteiger partial charge in [-0.15, -0.1) is 0 Å². The highest BCUT2D eigenvalue weighted by Crippen LogP contribution is 2.24. The van der Waals surface area contributed by atoms with Crippen LogP contribution in [-0.4, -0.2) is 10.9 Å². The second kappa shape index (κ2) is 5.27. The molecule has 1 amide bonds. The summed E-state index contributed by atoms with van der Waals surface area (Å²) in [4.78, 5) is 15.4. The number of rotatable bonds is 3. The summed E-state index contributed by atoms with van der Waals surface area (Å²) in [5.41, 5.74) is 13.4. The van der Waals surface area contributed by atoms with Crippen molar-refractivity contribution in [3.8, 4) is 0 Å². The van der Waals surface area contributed by atoms with Crippen molar-refractivity contribution in [2.75, 3.05) is 11.1 Å². The summed E-state index contributed by atoms with van der Waals surface area (Å²) in [6.07, 6.45) is 1.41. The molecule has 2 aromatic rings. The highest BCUT2D eigenvalue weighted by atomic mass is 79.9. The number of carbonyl (C=O) groups excluding carboxylic acids is 1. The molecule has 0 unspecified atom stereocenters. The summed E-state index contributed by atoms with van der Waals surface area (Å²) in [6, 6.07) is 7.39. The molecule has 0 aliphatic rings. The Morgan fingerprint density at radius 2 is 2.11 bits per heavy atom. The Morgan fingerprint density at radius 3 is 2.79 bits per heavy atom. The summed E-state index contributed by atoms with van der Waals surface area (Å²) >= 11 is 3.40. The molecule has 98 valence electrons. The van der Waals surface area contributed by atoms with Crippen LogP contribution in [0.15, 0.2) is 34.9 Å². The van der Waals surface area contributed by atoms with E-state index in [1.807, 2.05) is 25.1 Å². The lowest BCUT2D eigenvalue weighted by Gasteiger charge is -2.10. The van der Waals surface area contributed by atoms with Crippen molar-refractivity contribution < 1.29 is 4.79 Å². The SMILES string of the molecule is Cc1ccc(Br)cc1Nc1cc(C(N)=O)c(N)cn1. The molecule has 0 saturated carbocycles. The molecule has 0 radical (unpaired) electrons. The lowest BCUT2D eigenvalue weighted by atomic mass is 10.2. The number of aryl methyl sites for hydroxylation is 1. The van der Waals surface area contributed by atoms with E-state index < -0.39 is 5.91 Å². The minimum atomic E-state index is -0.575. The zero-order chi connectivity index (χ0) is 14.0. The molecule has 0 fully saturated rings. The molecule has 0 aliphatic heterocycles. The van der Waals surface area contributed by atoms with E-state index in [0.717, 1.165) is 15.7 Å². The zero-order valence-electron chi connectivity index (χ0n) is 10.3. The van der Waals surface area contributed by atoms with E-state index in [2.05, 4.69) is 26.2 Å². The van der Waals surface area contributed by atoms with Gasteiger partial charge in [-0.05, 0) is 30.7 Å². The predicted molar refractivity (Wildman–Crippen MR) is 79.3 cm³/mol. The van der Waals surface area contributed by atoms with Gasteiger partial charge in [0.25, 0.3) is 5.91 Å². The number of primary amides is 1. The van der Waals surface area contributed by atoms with E-state index >= 15 is 0 Å². The minimum Gasteiger partial charge on any atom is -0.397 e. The van der Waals surface area contributed by atoms with E-state index in [4.69, 9.17) is 11.5 Å². The summed E-state index contributed by atoms with van der Waals surface area (Å²) in [6.45, 7) is 1.97. The number of benzene rings is 1. The van der Waals surface area contributed by atoms with Gasteiger partial charge < -0.3 is 16.8 Å². The Balaban J connectivity index is 2.36. The third-order valence-corrected chi connectivity index (χ3v) is 3.16. The monoisotopic (exact) mass is 320 g/mol. The number of nitrogens with two attached hydrogens (primary N) is 2. The van der Waals surface area contributed by atoms with Crippen molar-refractivity contribution in [1.82, 2.24) is 4.98 Å². The maximum absolute atomic E-state index is 11.2. The number of halogens is 1. The first-order valence-electron chi connectivity index (χ1n) is 5.56. The Hall–Kier alpha value is -2.08. The lowest BCUT2D eigenvalue weighted by Crippen LogP contribution is -2.14. The topological polar surface area (TPSA) is 94.0 Å². The van der Waals surface area contributed by atoms with Crippen LogP contribution >= 0.6 is 15.9 Å². The summed E-state index contributed by atoms with van der Waals surface area (Å²) in [5, 5.41) is 3.13. The average Bonchev–Trinajstić information content (AvgIpc) is 2.36. The highest BCUT2D eigenvalue weighted by Gasteiger charge is 2.08. The molecular weight excluding hydrogens is 308 g/mol. The molecule has 0 aliphatic carbocycles. The molecule has 1 aromatic heterocycles. The minimum absolute atomic E-state index is 0.255. The van der Waals surface area contributed by atoms with Crippen LogP contribution in [0.25, 0.3) is 0 Å². The molecule has 1 heterocycles. The first-order valence-corrected chi connectivity index (χ1v) is 6.35. The fourth-order valence-electron chi connectivity index (χ4n) is 1.61. The molecule has 5 nitrogen and oxygen atoms in total. The highest BCUT2D eigenvalue weighted by molar-refractivity contribution is 9.10. The van der Waals surface area contributed by atoms with Gasteiger partial charge in [-0.3, -0.25) is 4.79 Å². The number of carbonyl (C=O) groups is 1. The van der Waals surface area contributed by atoms with E-state index in [1.54, 1.807) is 0 Å². The van der Waals surface area contributed by atoms with Gasteiger partial charge in [0.15, 0.2) is 0 Å². The third-order valence-electron chi connectivity index (χ3n) is 2.66. The number of nitrogens with one attached hydrogen (secondary N) is 1. The van der Waals surface area contributed by atoms with Crippen molar-refractivity contribution in [2.45, 2.75) is 6.92 Å². The molecule has 0 saturated heterocycles. The standard InChI is InChI=1S/C13H13BrN4O/c1-7-2-3-8(14)4-11(7)18-12-5-9(13(16)19)10(15)6-17-12/h2-6H,15H2,1H3,(H2,16,19)(H,17,18). The second-order valence-electron chi connectivity index (χ2n) is 4.11. The fraction of sp³-hybridized carbons (Fsp3) is 0.0769. The van der Waals surface area contributed by atoms with Crippen LogP contribution in [0.2, 0.25) is 0 Å². The first kappa shape index (κ1) is 13.4. The van der Waals surface area contributed by atoms with Gasteiger partial charge >= 0.3 is 0 Å². The second-order valence-corrected chi connectivity index (χ2v) is 5.02. The zero-order valence-corrected chi connectivity index (χ0v) is 11.9. The molecule has 19 heavy (non-hydrogen) atoms.